The van der Waals surface area contributed by atoms with E-state index >= 15 is 0 Å². The molecule has 0 spiro atoms. The largest absolute Gasteiger partial charge is 0.493 e. The van der Waals surface area contributed by atoms with Gasteiger partial charge in [0.05, 0.1) is 12.7 Å². The van der Waals surface area contributed by atoms with Crippen LogP contribution in [0.4, 0.5) is 5.69 Å². The lowest BCUT2D eigenvalue weighted by molar-refractivity contribution is -0.124. The van der Waals surface area contributed by atoms with Crippen molar-refractivity contribution < 1.29 is 24.2 Å². The highest BCUT2D eigenvalue weighted by Crippen LogP contribution is 2.34. The molecule has 0 radical (unpaired) electrons. The molecule has 0 fully saturated rings. The van der Waals surface area contributed by atoms with Crippen molar-refractivity contribution in [2.45, 2.75) is 39.8 Å². The minimum atomic E-state index is -0.991. The molecule has 2 aromatic carbocycles. The maximum Gasteiger partial charge on any atom is 0.335 e. The van der Waals surface area contributed by atoms with Gasteiger partial charge in [-0.25, -0.2) is 4.79 Å². The van der Waals surface area contributed by atoms with Gasteiger partial charge in [0.2, 0.25) is 0 Å². The predicted molar refractivity (Wildman–Crippen MR) is 117 cm³/mol. The maximum absolute atomic E-state index is 12.0. The molecule has 30 heavy (non-hydrogen) atoms. The van der Waals surface area contributed by atoms with Gasteiger partial charge in [-0.1, -0.05) is 17.7 Å². The highest BCUT2D eigenvalue weighted by molar-refractivity contribution is 6.31. The highest BCUT2D eigenvalue weighted by Gasteiger charge is 2.16. The first-order valence-electron chi connectivity index (χ1n) is 9.38. The number of ether oxygens (including phenoxy) is 2. The van der Waals surface area contributed by atoms with Gasteiger partial charge in [0.25, 0.3) is 5.91 Å². The second-order valence-electron chi connectivity index (χ2n) is 7.87. The molecular weight excluding hydrogens is 408 g/mol. The van der Waals surface area contributed by atoms with Crippen LogP contribution in [0.15, 0.2) is 30.3 Å². The average Bonchev–Trinajstić information content (AvgIpc) is 2.65. The molecule has 0 atom stereocenters. The van der Waals surface area contributed by atoms with Crippen molar-refractivity contribution in [2.24, 2.45) is 0 Å². The second kappa shape index (κ2) is 9.71. The number of amides is 1. The Kier molecular flexibility index (Phi) is 7.56. The van der Waals surface area contributed by atoms with Gasteiger partial charge in [-0.3, -0.25) is 4.79 Å². The zero-order valence-electron chi connectivity index (χ0n) is 17.8. The van der Waals surface area contributed by atoms with Gasteiger partial charge in [0.15, 0.2) is 18.1 Å². The number of rotatable bonds is 8. The molecule has 0 aliphatic carbocycles. The molecule has 7 nitrogen and oxygen atoms in total. The topological polar surface area (TPSA) is 96.9 Å². The van der Waals surface area contributed by atoms with Crippen molar-refractivity contribution in [2.75, 3.05) is 19.0 Å². The van der Waals surface area contributed by atoms with Crippen LogP contribution in [0.1, 0.15) is 42.3 Å². The van der Waals surface area contributed by atoms with Gasteiger partial charge >= 0.3 is 5.97 Å². The van der Waals surface area contributed by atoms with Crippen LogP contribution in [0.5, 0.6) is 11.5 Å². The lowest BCUT2D eigenvalue weighted by Crippen LogP contribution is -2.43. The van der Waals surface area contributed by atoms with Crippen LogP contribution in [0.2, 0.25) is 5.02 Å². The average molecular weight is 435 g/mol. The van der Waals surface area contributed by atoms with Crippen molar-refractivity contribution in [3.05, 3.63) is 52.0 Å². The van der Waals surface area contributed by atoms with E-state index < -0.39 is 5.97 Å². The molecule has 0 saturated heterocycles. The summed E-state index contributed by atoms with van der Waals surface area (Å²) >= 11 is 6.40. The Morgan fingerprint density at radius 1 is 1.13 bits per heavy atom. The van der Waals surface area contributed by atoms with Crippen LogP contribution in [-0.4, -0.2) is 36.2 Å². The maximum atomic E-state index is 12.0. The monoisotopic (exact) mass is 434 g/mol. The standard InChI is InChI=1S/C22H27ClN2O5/c1-13-6-7-14(21(27)28)8-17(13)24-11-15-9-18(29-5)19(10-16(15)23)30-12-20(26)25-22(2,3)4/h6-10,24H,11-12H2,1-5H3,(H,25,26)(H,27,28). The number of anilines is 1. The van der Waals surface area contributed by atoms with E-state index in [9.17, 15) is 14.7 Å². The van der Waals surface area contributed by atoms with Gasteiger partial charge in [0.1, 0.15) is 0 Å². The van der Waals surface area contributed by atoms with Gasteiger partial charge < -0.3 is 25.2 Å². The molecule has 162 valence electrons. The Balaban J connectivity index is 2.13. The number of carbonyl (C=O) groups excluding carboxylic acids is 1. The van der Waals surface area contributed by atoms with E-state index in [-0.39, 0.29) is 23.6 Å². The fraction of sp³-hybridized carbons (Fsp3) is 0.364. The summed E-state index contributed by atoms with van der Waals surface area (Å²) in [6.07, 6.45) is 0. The zero-order valence-corrected chi connectivity index (χ0v) is 18.5. The number of nitrogens with one attached hydrogen (secondary N) is 2. The fourth-order valence-corrected chi connectivity index (χ4v) is 2.94. The number of benzene rings is 2. The van der Waals surface area contributed by atoms with Crippen LogP contribution < -0.4 is 20.1 Å². The number of carboxylic acid groups (broad SMARTS) is 1. The van der Waals surface area contributed by atoms with Gasteiger partial charge in [-0.05, 0) is 57.0 Å². The van der Waals surface area contributed by atoms with Gasteiger partial charge in [0, 0.05) is 28.9 Å². The number of carbonyl (C=O) groups is 2. The highest BCUT2D eigenvalue weighted by atomic mass is 35.5. The van der Waals surface area contributed by atoms with Crippen LogP contribution in [0.3, 0.4) is 0 Å². The lowest BCUT2D eigenvalue weighted by atomic mass is 10.1. The van der Waals surface area contributed by atoms with Crippen molar-refractivity contribution in [3.63, 3.8) is 0 Å². The second-order valence-corrected chi connectivity index (χ2v) is 8.28. The molecule has 1 amide bonds. The first-order chi connectivity index (χ1) is 14.0. The van der Waals surface area contributed by atoms with E-state index in [4.69, 9.17) is 21.1 Å². The summed E-state index contributed by atoms with van der Waals surface area (Å²) in [7, 11) is 1.50. The van der Waals surface area contributed by atoms with E-state index in [1.165, 1.54) is 7.11 Å². The van der Waals surface area contributed by atoms with Crippen LogP contribution in [0.25, 0.3) is 0 Å². The third kappa shape index (κ3) is 6.56. The van der Waals surface area contributed by atoms with E-state index in [1.807, 2.05) is 27.7 Å². The Labute approximate surface area is 181 Å². The first-order valence-corrected chi connectivity index (χ1v) is 9.76. The summed E-state index contributed by atoms with van der Waals surface area (Å²) in [6, 6.07) is 8.20. The molecule has 0 heterocycles. The zero-order chi connectivity index (χ0) is 22.5. The number of carboxylic acids is 1. The molecule has 0 aromatic heterocycles. The number of methoxy groups -OCH3 is 1. The molecular formula is C22H27ClN2O5. The minimum absolute atomic E-state index is 0.164. The van der Waals surface area contributed by atoms with Gasteiger partial charge in [-0.15, -0.1) is 0 Å². The van der Waals surface area contributed by atoms with Crippen LogP contribution in [0, 0.1) is 6.92 Å². The molecule has 8 heteroatoms. The minimum Gasteiger partial charge on any atom is -0.493 e. The van der Waals surface area contributed by atoms with E-state index in [1.54, 1.807) is 30.3 Å². The molecule has 2 aromatic rings. The summed E-state index contributed by atoms with van der Waals surface area (Å²) in [5.74, 6) is -0.440. The van der Waals surface area contributed by atoms with E-state index in [0.29, 0.717) is 28.8 Å². The molecule has 0 bridgehead atoms. The third-order valence-corrected chi connectivity index (χ3v) is 4.51. The number of aromatic carboxylic acids is 1. The lowest BCUT2D eigenvalue weighted by Gasteiger charge is -2.21. The third-order valence-electron chi connectivity index (χ3n) is 4.16. The fourth-order valence-electron chi connectivity index (χ4n) is 2.72. The van der Waals surface area contributed by atoms with Crippen LogP contribution in [-0.2, 0) is 11.3 Å². The Bertz CT molecular complexity index is 938. The SMILES string of the molecule is COc1cc(CNc2cc(C(=O)O)ccc2C)c(Cl)cc1OCC(=O)NC(C)(C)C. The molecule has 3 N–H and O–H groups in total. The first kappa shape index (κ1) is 23.3. The van der Waals surface area contributed by atoms with Crippen molar-refractivity contribution in [3.8, 4) is 11.5 Å². The summed E-state index contributed by atoms with van der Waals surface area (Å²) in [4.78, 5) is 23.2. The van der Waals surface area contributed by atoms with Gasteiger partial charge in [-0.2, -0.15) is 0 Å². The van der Waals surface area contributed by atoms with Crippen molar-refractivity contribution >= 4 is 29.2 Å². The quantitative estimate of drug-likeness (QED) is 0.574. The van der Waals surface area contributed by atoms with E-state index in [2.05, 4.69) is 10.6 Å². The summed E-state index contributed by atoms with van der Waals surface area (Å²) in [5.41, 5.74) is 2.19. The number of hydrogen-bond acceptors (Lipinski definition) is 5. The Morgan fingerprint density at radius 2 is 1.83 bits per heavy atom. The van der Waals surface area contributed by atoms with Crippen LogP contribution >= 0.6 is 11.6 Å². The normalized spacial score (nSPS) is 11.0. The number of aryl methyl sites for hydroxylation is 1. The number of hydrogen-bond donors (Lipinski definition) is 3. The molecule has 0 aliphatic heterocycles. The molecule has 0 aliphatic rings. The molecule has 2 rings (SSSR count). The predicted octanol–water partition coefficient (Wildman–Crippen LogP) is 4.26. The van der Waals surface area contributed by atoms with E-state index in [0.717, 1.165) is 11.1 Å². The Morgan fingerprint density at radius 3 is 2.43 bits per heavy atom. The molecule has 0 saturated carbocycles. The summed E-state index contributed by atoms with van der Waals surface area (Å²) in [6.45, 7) is 7.73. The smallest absolute Gasteiger partial charge is 0.335 e. The molecule has 0 unspecified atom stereocenters. The summed E-state index contributed by atoms with van der Waals surface area (Å²) in [5, 5.41) is 15.6. The van der Waals surface area contributed by atoms with Crippen molar-refractivity contribution in [1.82, 2.24) is 5.32 Å². The van der Waals surface area contributed by atoms with Crippen molar-refractivity contribution in [1.29, 1.82) is 0 Å². The Hall–Kier alpha value is -2.93. The summed E-state index contributed by atoms with van der Waals surface area (Å²) < 4.78 is 11.0. The number of halogens is 1.